The standard InChI is InChI=1S/C12H24N4O3/c1-8(2)9(12(6,18)7-14-16-13)15-10(17)19-11(3,4)5/h8-9,18H,7H2,1-6H3,(H,15,17)/t9-,12+/m0/s1. The third-order valence-electron chi connectivity index (χ3n) is 2.46. The lowest BCUT2D eigenvalue weighted by molar-refractivity contribution is -0.00130. The first-order valence-corrected chi connectivity index (χ1v) is 6.22. The van der Waals surface area contributed by atoms with Crippen LogP contribution in [0.25, 0.3) is 10.4 Å². The highest BCUT2D eigenvalue weighted by atomic mass is 16.6. The Hall–Kier alpha value is -1.46. The summed E-state index contributed by atoms with van der Waals surface area (Å²) in [6, 6.07) is -0.576. The summed E-state index contributed by atoms with van der Waals surface area (Å²) >= 11 is 0. The zero-order valence-electron chi connectivity index (χ0n) is 12.5. The van der Waals surface area contributed by atoms with Gasteiger partial charge in [0.05, 0.1) is 18.2 Å². The first-order chi connectivity index (χ1) is 8.49. The minimum atomic E-state index is -1.34. The second-order valence-electron chi connectivity index (χ2n) is 6.11. The summed E-state index contributed by atoms with van der Waals surface area (Å²) in [4.78, 5) is 14.4. The van der Waals surface area contributed by atoms with E-state index in [0.29, 0.717) is 0 Å². The van der Waals surface area contributed by atoms with E-state index in [1.807, 2.05) is 13.8 Å². The first kappa shape index (κ1) is 17.5. The first-order valence-electron chi connectivity index (χ1n) is 6.22. The van der Waals surface area contributed by atoms with E-state index in [1.54, 1.807) is 20.8 Å². The Morgan fingerprint density at radius 1 is 1.42 bits per heavy atom. The highest BCUT2D eigenvalue weighted by Gasteiger charge is 2.35. The summed E-state index contributed by atoms with van der Waals surface area (Å²) in [6.07, 6.45) is -0.604. The molecule has 7 heteroatoms. The second kappa shape index (κ2) is 6.63. The summed E-state index contributed by atoms with van der Waals surface area (Å²) in [5.74, 6) is -0.0450. The predicted octanol–water partition coefficient (Wildman–Crippen LogP) is 2.60. The Kier molecular flexibility index (Phi) is 6.12. The van der Waals surface area contributed by atoms with Gasteiger partial charge in [-0.2, -0.15) is 0 Å². The highest BCUT2D eigenvalue weighted by molar-refractivity contribution is 5.68. The number of aliphatic hydroxyl groups is 1. The van der Waals surface area contributed by atoms with Crippen molar-refractivity contribution in [2.75, 3.05) is 6.54 Å². The van der Waals surface area contributed by atoms with Crippen LogP contribution in [0.2, 0.25) is 0 Å². The molecule has 0 spiro atoms. The van der Waals surface area contributed by atoms with E-state index < -0.39 is 23.3 Å². The van der Waals surface area contributed by atoms with E-state index in [-0.39, 0.29) is 12.5 Å². The van der Waals surface area contributed by atoms with Gasteiger partial charge < -0.3 is 15.2 Å². The number of carbonyl (C=O) groups is 1. The molecule has 0 aliphatic rings. The van der Waals surface area contributed by atoms with Crippen LogP contribution in [0.4, 0.5) is 4.79 Å². The summed E-state index contributed by atoms with van der Waals surface area (Å²) in [5.41, 5.74) is 6.38. The zero-order chi connectivity index (χ0) is 15.3. The Bertz CT molecular complexity index is 354. The molecule has 0 bridgehead atoms. The van der Waals surface area contributed by atoms with Gasteiger partial charge in [0.15, 0.2) is 0 Å². The van der Waals surface area contributed by atoms with E-state index in [0.717, 1.165) is 0 Å². The fourth-order valence-corrected chi connectivity index (χ4v) is 1.75. The van der Waals surface area contributed by atoms with Crippen molar-refractivity contribution in [3.63, 3.8) is 0 Å². The van der Waals surface area contributed by atoms with Crippen LogP contribution in [0.5, 0.6) is 0 Å². The van der Waals surface area contributed by atoms with Crippen molar-refractivity contribution < 1.29 is 14.6 Å². The Morgan fingerprint density at radius 2 is 1.95 bits per heavy atom. The lowest BCUT2D eigenvalue weighted by Gasteiger charge is -2.35. The highest BCUT2D eigenvalue weighted by Crippen LogP contribution is 2.19. The summed E-state index contributed by atoms with van der Waals surface area (Å²) in [6.45, 7) is 10.4. The number of alkyl carbamates (subject to hydrolysis) is 1. The van der Waals surface area contributed by atoms with Gasteiger partial charge in [0, 0.05) is 4.91 Å². The lowest BCUT2D eigenvalue weighted by Crippen LogP contribution is -2.56. The number of carbonyl (C=O) groups excluding carboxylic acids is 1. The van der Waals surface area contributed by atoms with E-state index in [4.69, 9.17) is 10.3 Å². The van der Waals surface area contributed by atoms with Crippen molar-refractivity contribution in [1.29, 1.82) is 0 Å². The number of hydrogen-bond donors (Lipinski definition) is 2. The molecule has 0 aliphatic heterocycles. The summed E-state index contributed by atoms with van der Waals surface area (Å²) in [5, 5.41) is 16.3. The molecule has 0 heterocycles. The van der Waals surface area contributed by atoms with Gasteiger partial charge in [-0.25, -0.2) is 4.79 Å². The molecule has 2 atom stereocenters. The van der Waals surface area contributed by atoms with Crippen LogP contribution in [0.1, 0.15) is 41.5 Å². The molecule has 0 fully saturated rings. The monoisotopic (exact) mass is 272 g/mol. The number of rotatable bonds is 5. The van der Waals surface area contributed by atoms with Crippen molar-refractivity contribution in [3.05, 3.63) is 10.4 Å². The molecule has 0 saturated heterocycles. The van der Waals surface area contributed by atoms with E-state index in [2.05, 4.69) is 15.3 Å². The van der Waals surface area contributed by atoms with Gasteiger partial charge in [-0.15, -0.1) is 0 Å². The molecule has 0 aromatic carbocycles. The number of hydrogen-bond acceptors (Lipinski definition) is 4. The Balaban J connectivity index is 4.84. The number of nitrogens with zero attached hydrogens (tertiary/aromatic N) is 3. The molecule has 2 N–H and O–H groups in total. The average molecular weight is 272 g/mol. The largest absolute Gasteiger partial charge is 0.444 e. The van der Waals surface area contributed by atoms with Crippen LogP contribution in [0, 0.1) is 5.92 Å². The molecular formula is C12H24N4O3. The normalized spacial score (nSPS) is 16.2. The quantitative estimate of drug-likeness (QED) is 0.456. The van der Waals surface area contributed by atoms with Gasteiger partial charge >= 0.3 is 6.09 Å². The van der Waals surface area contributed by atoms with Crippen molar-refractivity contribution in [3.8, 4) is 0 Å². The molecule has 0 aromatic rings. The Morgan fingerprint density at radius 3 is 2.32 bits per heavy atom. The third-order valence-corrected chi connectivity index (χ3v) is 2.46. The van der Waals surface area contributed by atoms with Crippen LogP contribution in [0.3, 0.4) is 0 Å². The number of azide groups is 1. The molecular weight excluding hydrogens is 248 g/mol. The molecule has 0 unspecified atom stereocenters. The fourth-order valence-electron chi connectivity index (χ4n) is 1.75. The minimum absolute atomic E-state index is 0.0450. The maximum atomic E-state index is 11.7. The number of amides is 1. The maximum Gasteiger partial charge on any atom is 0.407 e. The molecule has 0 aromatic heterocycles. The van der Waals surface area contributed by atoms with Crippen molar-refractivity contribution in [2.24, 2.45) is 11.0 Å². The van der Waals surface area contributed by atoms with Gasteiger partial charge in [0.25, 0.3) is 0 Å². The van der Waals surface area contributed by atoms with Crippen LogP contribution in [-0.4, -0.2) is 35.0 Å². The van der Waals surface area contributed by atoms with Gasteiger partial charge in [0.1, 0.15) is 5.60 Å². The average Bonchev–Trinajstić information content (AvgIpc) is 2.20. The number of nitrogens with one attached hydrogen (secondary N) is 1. The van der Waals surface area contributed by atoms with Crippen LogP contribution >= 0.6 is 0 Å². The predicted molar refractivity (Wildman–Crippen MR) is 72.6 cm³/mol. The molecule has 7 nitrogen and oxygen atoms in total. The van der Waals surface area contributed by atoms with Crippen LogP contribution in [-0.2, 0) is 4.74 Å². The van der Waals surface area contributed by atoms with Gasteiger partial charge in [-0.3, -0.25) is 0 Å². The van der Waals surface area contributed by atoms with Gasteiger partial charge in [-0.05, 0) is 39.1 Å². The second-order valence-corrected chi connectivity index (χ2v) is 6.11. The number of ether oxygens (including phenoxy) is 1. The summed E-state index contributed by atoms with van der Waals surface area (Å²) in [7, 11) is 0. The van der Waals surface area contributed by atoms with Crippen molar-refractivity contribution in [2.45, 2.75) is 58.8 Å². The molecule has 0 saturated carbocycles. The van der Waals surface area contributed by atoms with E-state index in [9.17, 15) is 9.90 Å². The molecule has 0 rings (SSSR count). The maximum absolute atomic E-state index is 11.7. The lowest BCUT2D eigenvalue weighted by atomic mass is 9.88. The van der Waals surface area contributed by atoms with Crippen LogP contribution < -0.4 is 5.32 Å². The van der Waals surface area contributed by atoms with Crippen molar-refractivity contribution >= 4 is 6.09 Å². The topological polar surface area (TPSA) is 107 Å². The smallest absolute Gasteiger partial charge is 0.407 e. The minimum Gasteiger partial charge on any atom is -0.444 e. The van der Waals surface area contributed by atoms with Crippen LogP contribution in [0.15, 0.2) is 5.11 Å². The summed E-state index contributed by atoms with van der Waals surface area (Å²) < 4.78 is 5.15. The molecule has 0 aliphatic carbocycles. The van der Waals surface area contributed by atoms with Gasteiger partial charge in [-0.1, -0.05) is 19.0 Å². The Labute approximate surface area is 114 Å². The molecule has 110 valence electrons. The third kappa shape index (κ3) is 6.88. The molecule has 0 radical (unpaired) electrons. The SMILES string of the molecule is CC(C)[C@H](NC(=O)OC(C)(C)C)[C@](C)(O)CN=[N+]=[N-]. The molecule has 1 amide bonds. The van der Waals surface area contributed by atoms with E-state index >= 15 is 0 Å². The zero-order valence-corrected chi connectivity index (χ0v) is 12.5. The fraction of sp³-hybridized carbons (Fsp3) is 0.917. The van der Waals surface area contributed by atoms with Crippen molar-refractivity contribution in [1.82, 2.24) is 5.32 Å². The molecule has 19 heavy (non-hydrogen) atoms. The van der Waals surface area contributed by atoms with E-state index in [1.165, 1.54) is 6.92 Å². The van der Waals surface area contributed by atoms with Gasteiger partial charge in [0.2, 0.25) is 0 Å².